The van der Waals surface area contributed by atoms with Crippen LogP contribution in [0.15, 0.2) is 35.5 Å². The van der Waals surface area contributed by atoms with E-state index in [0.717, 1.165) is 23.9 Å². The second-order valence-corrected chi connectivity index (χ2v) is 6.66. The van der Waals surface area contributed by atoms with Crippen LogP contribution in [0.1, 0.15) is 25.2 Å². The molecule has 0 bridgehead atoms. The fourth-order valence-electron chi connectivity index (χ4n) is 2.26. The van der Waals surface area contributed by atoms with E-state index >= 15 is 0 Å². The number of nitrogens with one attached hydrogen (secondary N) is 1. The third kappa shape index (κ3) is 5.07. The molecule has 0 radical (unpaired) electrons. The van der Waals surface area contributed by atoms with Crippen LogP contribution in [0.4, 0.5) is 0 Å². The highest BCUT2D eigenvalue weighted by molar-refractivity contribution is 8.00. The van der Waals surface area contributed by atoms with Gasteiger partial charge in [0, 0.05) is 26.6 Å². The van der Waals surface area contributed by atoms with E-state index in [9.17, 15) is 4.79 Å². The molecule has 1 aromatic heterocycles. The van der Waals surface area contributed by atoms with Crippen molar-refractivity contribution in [2.75, 3.05) is 20.3 Å². The van der Waals surface area contributed by atoms with Crippen molar-refractivity contribution >= 4 is 17.7 Å². The number of nitrogens with zero attached hydrogens (tertiary/aromatic N) is 3. The van der Waals surface area contributed by atoms with E-state index in [-0.39, 0.29) is 11.2 Å². The van der Waals surface area contributed by atoms with Gasteiger partial charge in [0.05, 0.1) is 11.9 Å². The first-order valence-corrected chi connectivity index (χ1v) is 8.93. The quantitative estimate of drug-likeness (QED) is 0.555. The van der Waals surface area contributed by atoms with Crippen molar-refractivity contribution in [3.63, 3.8) is 0 Å². The van der Waals surface area contributed by atoms with Gasteiger partial charge in [-0.15, -0.1) is 10.2 Å². The number of amides is 1. The number of hydrogen-bond donors (Lipinski definition) is 1. The van der Waals surface area contributed by atoms with Gasteiger partial charge in [0.1, 0.15) is 5.82 Å². The molecule has 0 spiro atoms. The van der Waals surface area contributed by atoms with Gasteiger partial charge in [-0.05, 0) is 19.4 Å². The van der Waals surface area contributed by atoms with Gasteiger partial charge in [0.2, 0.25) is 5.91 Å². The Morgan fingerprint density at radius 2 is 2.08 bits per heavy atom. The van der Waals surface area contributed by atoms with Gasteiger partial charge in [-0.3, -0.25) is 4.79 Å². The fourth-order valence-corrected chi connectivity index (χ4v) is 3.22. The fraction of sp³-hybridized carbons (Fsp3) is 0.471. The lowest BCUT2D eigenvalue weighted by Crippen LogP contribution is -2.33. The standard InChI is InChI=1S/C17H24N4O2S/c1-4-21-15(12-14-8-6-5-7-9-14)19-20-17(21)24-13(2)16(22)18-10-11-23-3/h5-9,13H,4,10-12H2,1-3H3,(H,18,22)/t13-/m0/s1. The Bertz CT molecular complexity index is 645. The number of carbonyl (C=O) groups excluding carboxylic acids is 1. The van der Waals surface area contributed by atoms with Crippen LogP contribution >= 0.6 is 11.8 Å². The minimum Gasteiger partial charge on any atom is -0.383 e. The first kappa shape index (κ1) is 18.5. The van der Waals surface area contributed by atoms with E-state index in [4.69, 9.17) is 4.74 Å². The molecular weight excluding hydrogens is 324 g/mol. The molecule has 0 aliphatic heterocycles. The summed E-state index contributed by atoms with van der Waals surface area (Å²) < 4.78 is 7.00. The normalized spacial score (nSPS) is 12.1. The van der Waals surface area contributed by atoms with Crippen molar-refractivity contribution in [1.29, 1.82) is 0 Å². The van der Waals surface area contributed by atoms with Crippen LogP contribution in [-0.4, -0.2) is 46.2 Å². The van der Waals surface area contributed by atoms with E-state index in [2.05, 4.69) is 39.1 Å². The van der Waals surface area contributed by atoms with Gasteiger partial charge in [-0.2, -0.15) is 0 Å². The predicted molar refractivity (Wildman–Crippen MR) is 95.1 cm³/mol. The number of hydrogen-bond acceptors (Lipinski definition) is 5. The van der Waals surface area contributed by atoms with E-state index in [1.807, 2.05) is 25.1 Å². The monoisotopic (exact) mass is 348 g/mol. The molecule has 1 heterocycles. The molecule has 0 aliphatic rings. The highest BCUT2D eigenvalue weighted by Crippen LogP contribution is 2.23. The molecule has 6 nitrogen and oxygen atoms in total. The van der Waals surface area contributed by atoms with Gasteiger partial charge >= 0.3 is 0 Å². The number of rotatable bonds is 9. The minimum absolute atomic E-state index is 0.0210. The molecule has 130 valence electrons. The first-order chi connectivity index (χ1) is 11.7. The summed E-state index contributed by atoms with van der Waals surface area (Å²) in [7, 11) is 1.61. The Hall–Kier alpha value is -1.86. The molecule has 24 heavy (non-hydrogen) atoms. The van der Waals surface area contributed by atoms with E-state index in [1.54, 1.807) is 7.11 Å². The molecule has 2 aromatic rings. The molecule has 1 aromatic carbocycles. The Labute approximate surface area is 147 Å². The van der Waals surface area contributed by atoms with Gasteiger partial charge in [-0.25, -0.2) is 0 Å². The zero-order chi connectivity index (χ0) is 17.4. The van der Waals surface area contributed by atoms with Gasteiger partial charge in [-0.1, -0.05) is 42.1 Å². The summed E-state index contributed by atoms with van der Waals surface area (Å²) in [4.78, 5) is 12.1. The molecule has 2 rings (SSSR count). The predicted octanol–water partition coefficient (Wildman–Crippen LogP) is 2.13. The van der Waals surface area contributed by atoms with Crippen molar-refractivity contribution < 1.29 is 9.53 Å². The number of aromatic nitrogens is 3. The molecule has 0 aliphatic carbocycles. The van der Waals surface area contributed by atoms with Gasteiger partial charge < -0.3 is 14.6 Å². The lowest BCUT2D eigenvalue weighted by Gasteiger charge is -2.12. The maximum Gasteiger partial charge on any atom is 0.233 e. The highest BCUT2D eigenvalue weighted by Gasteiger charge is 2.19. The average Bonchev–Trinajstić information content (AvgIpc) is 2.97. The van der Waals surface area contributed by atoms with Crippen molar-refractivity contribution in [3.05, 3.63) is 41.7 Å². The van der Waals surface area contributed by atoms with Crippen LogP contribution in [0, 0.1) is 0 Å². The first-order valence-electron chi connectivity index (χ1n) is 8.05. The second-order valence-electron chi connectivity index (χ2n) is 5.35. The average molecular weight is 348 g/mol. The molecular formula is C17H24N4O2S. The lowest BCUT2D eigenvalue weighted by molar-refractivity contribution is -0.120. The largest absolute Gasteiger partial charge is 0.383 e. The third-order valence-electron chi connectivity index (χ3n) is 3.57. The Morgan fingerprint density at radius 3 is 2.75 bits per heavy atom. The van der Waals surface area contributed by atoms with Crippen LogP contribution in [0.25, 0.3) is 0 Å². The van der Waals surface area contributed by atoms with E-state index < -0.39 is 0 Å². The molecule has 1 N–H and O–H groups in total. The molecule has 1 atom stereocenters. The SMILES string of the molecule is CCn1c(Cc2ccccc2)nnc1S[C@@H](C)C(=O)NCCOC. The third-order valence-corrected chi connectivity index (χ3v) is 4.65. The van der Waals surface area contributed by atoms with Crippen LogP contribution in [0.2, 0.25) is 0 Å². The van der Waals surface area contributed by atoms with Crippen molar-refractivity contribution in [2.45, 2.75) is 37.2 Å². The van der Waals surface area contributed by atoms with E-state index in [0.29, 0.717) is 13.2 Å². The lowest BCUT2D eigenvalue weighted by atomic mass is 10.1. The van der Waals surface area contributed by atoms with Gasteiger partial charge in [0.25, 0.3) is 0 Å². The molecule has 7 heteroatoms. The minimum atomic E-state index is -0.235. The Balaban J connectivity index is 2.02. The molecule has 0 fully saturated rings. The molecule has 0 unspecified atom stereocenters. The molecule has 1 amide bonds. The number of carbonyl (C=O) groups is 1. The van der Waals surface area contributed by atoms with Crippen molar-refractivity contribution in [1.82, 2.24) is 20.1 Å². The molecule has 0 saturated heterocycles. The Kier molecular flexibility index (Phi) is 7.27. The summed E-state index contributed by atoms with van der Waals surface area (Å²) in [6, 6.07) is 10.2. The number of methoxy groups -OCH3 is 1. The van der Waals surface area contributed by atoms with Crippen molar-refractivity contribution in [2.24, 2.45) is 0 Å². The number of thioether (sulfide) groups is 1. The highest BCUT2D eigenvalue weighted by atomic mass is 32.2. The zero-order valence-corrected chi connectivity index (χ0v) is 15.2. The zero-order valence-electron chi connectivity index (χ0n) is 14.4. The van der Waals surface area contributed by atoms with Crippen LogP contribution < -0.4 is 5.32 Å². The topological polar surface area (TPSA) is 69.0 Å². The van der Waals surface area contributed by atoms with Crippen LogP contribution in [-0.2, 0) is 22.5 Å². The van der Waals surface area contributed by atoms with Crippen molar-refractivity contribution in [3.8, 4) is 0 Å². The smallest absolute Gasteiger partial charge is 0.233 e. The number of benzene rings is 1. The Morgan fingerprint density at radius 1 is 1.33 bits per heavy atom. The molecule has 0 saturated carbocycles. The van der Waals surface area contributed by atoms with E-state index in [1.165, 1.54) is 17.3 Å². The maximum absolute atomic E-state index is 12.1. The number of ether oxygens (including phenoxy) is 1. The maximum atomic E-state index is 12.1. The van der Waals surface area contributed by atoms with Crippen LogP contribution in [0.5, 0.6) is 0 Å². The van der Waals surface area contributed by atoms with Gasteiger partial charge in [0.15, 0.2) is 5.16 Å². The summed E-state index contributed by atoms with van der Waals surface area (Å²) in [5, 5.41) is 12.0. The second kappa shape index (κ2) is 9.44. The summed E-state index contributed by atoms with van der Waals surface area (Å²) in [6.07, 6.45) is 0.733. The summed E-state index contributed by atoms with van der Waals surface area (Å²) in [5.41, 5.74) is 1.20. The van der Waals surface area contributed by atoms with Crippen LogP contribution in [0.3, 0.4) is 0 Å². The summed E-state index contributed by atoms with van der Waals surface area (Å²) >= 11 is 1.43. The summed E-state index contributed by atoms with van der Waals surface area (Å²) in [5.74, 6) is 0.894. The summed E-state index contributed by atoms with van der Waals surface area (Å²) in [6.45, 7) is 5.73.